The number of nitrogens with zero attached hydrogens (tertiary/aromatic N) is 1. The van der Waals surface area contributed by atoms with E-state index in [4.69, 9.17) is 47.0 Å². The van der Waals surface area contributed by atoms with Crippen molar-refractivity contribution in [3.05, 3.63) is 57.3 Å². The van der Waals surface area contributed by atoms with E-state index in [0.29, 0.717) is 26.3 Å². The lowest BCUT2D eigenvalue weighted by Gasteiger charge is -2.11. The van der Waals surface area contributed by atoms with Gasteiger partial charge in [-0.1, -0.05) is 34.8 Å². The van der Waals surface area contributed by atoms with Crippen LogP contribution < -0.4 is 10.6 Å². The smallest absolute Gasteiger partial charge is 0.258 e. The molecular weight excluding hydrogens is 353 g/mol. The Hall–Kier alpha value is -1.40. The summed E-state index contributed by atoms with van der Waals surface area (Å²) in [6.45, 7) is 0. The molecule has 0 fully saturated rings. The van der Waals surface area contributed by atoms with Crippen molar-refractivity contribution in [2.45, 2.75) is 0 Å². The quantitative estimate of drug-likeness (QED) is 0.623. The Morgan fingerprint density at radius 2 is 1.86 bits per heavy atom. The molecule has 2 aromatic rings. The Labute approximate surface area is 141 Å². The zero-order valence-corrected chi connectivity index (χ0v) is 13.4. The molecule has 1 amide bonds. The first-order valence-corrected chi connectivity index (χ1v) is 7.18. The minimum Gasteiger partial charge on any atom is -0.331 e. The highest BCUT2D eigenvalue weighted by Gasteiger charge is 2.10. The third kappa shape index (κ3) is 4.28. The second-order valence-electron chi connectivity index (χ2n) is 3.90. The Kier molecular flexibility index (Phi) is 5.36. The largest absolute Gasteiger partial charge is 0.331 e. The molecule has 0 aliphatic carbocycles. The summed E-state index contributed by atoms with van der Waals surface area (Å²) < 4.78 is 0. The maximum atomic E-state index is 11.9. The minimum absolute atomic E-state index is 0.0872. The number of benzene rings is 1. The van der Waals surface area contributed by atoms with E-state index in [9.17, 15) is 4.79 Å². The lowest BCUT2D eigenvalue weighted by atomic mass is 10.3. The topological polar surface area (TPSA) is 54.0 Å². The van der Waals surface area contributed by atoms with Crippen LogP contribution in [0.1, 0.15) is 10.4 Å². The number of carbonyl (C=O) groups excluding carboxylic acids is 1. The predicted octanol–water partition coefficient (Wildman–Crippen LogP) is 4.17. The molecule has 1 aromatic carbocycles. The third-order valence-corrected chi connectivity index (χ3v) is 3.65. The molecule has 0 unspecified atom stereocenters. The summed E-state index contributed by atoms with van der Waals surface area (Å²) in [5.41, 5.74) is 0.837. The van der Waals surface area contributed by atoms with Gasteiger partial charge in [0.15, 0.2) is 5.11 Å². The van der Waals surface area contributed by atoms with Crippen molar-refractivity contribution in [3.8, 4) is 0 Å². The second-order valence-corrected chi connectivity index (χ2v) is 5.53. The molecule has 1 aromatic heterocycles. The highest BCUT2D eigenvalue weighted by Crippen LogP contribution is 2.32. The number of anilines is 1. The van der Waals surface area contributed by atoms with Gasteiger partial charge in [0.25, 0.3) is 5.91 Å². The third-order valence-electron chi connectivity index (χ3n) is 2.41. The molecule has 108 valence electrons. The van der Waals surface area contributed by atoms with Crippen LogP contribution in [-0.4, -0.2) is 16.0 Å². The molecule has 4 nitrogen and oxygen atoms in total. The van der Waals surface area contributed by atoms with Gasteiger partial charge in [-0.2, -0.15) is 0 Å². The Morgan fingerprint density at radius 3 is 2.52 bits per heavy atom. The van der Waals surface area contributed by atoms with Crippen LogP contribution in [0, 0.1) is 0 Å². The number of hydrogen-bond acceptors (Lipinski definition) is 3. The normalized spacial score (nSPS) is 10.0. The fraction of sp³-hybridized carbons (Fsp3) is 0. The van der Waals surface area contributed by atoms with E-state index in [2.05, 4.69) is 15.6 Å². The SMILES string of the molecule is O=C(NC(=S)Nc1cc(Cl)c(Cl)cc1Cl)c1cccnc1. The summed E-state index contributed by atoms with van der Waals surface area (Å²) in [6, 6.07) is 6.28. The van der Waals surface area contributed by atoms with Crippen LogP contribution in [0.5, 0.6) is 0 Å². The molecule has 1 heterocycles. The van der Waals surface area contributed by atoms with Crippen LogP contribution in [-0.2, 0) is 0 Å². The summed E-state index contributed by atoms with van der Waals surface area (Å²) in [5.74, 6) is -0.378. The van der Waals surface area contributed by atoms with Gasteiger partial charge in [0.1, 0.15) is 0 Å². The zero-order chi connectivity index (χ0) is 15.4. The lowest BCUT2D eigenvalue weighted by Crippen LogP contribution is -2.34. The Balaban J connectivity index is 2.06. The average molecular weight is 361 g/mol. The number of aromatic nitrogens is 1. The molecule has 0 saturated carbocycles. The van der Waals surface area contributed by atoms with E-state index in [1.54, 1.807) is 18.3 Å². The van der Waals surface area contributed by atoms with E-state index >= 15 is 0 Å². The van der Waals surface area contributed by atoms with Crippen LogP contribution in [0.25, 0.3) is 0 Å². The second kappa shape index (κ2) is 7.04. The molecule has 0 saturated heterocycles. The van der Waals surface area contributed by atoms with Crippen LogP contribution in [0.4, 0.5) is 5.69 Å². The van der Waals surface area contributed by atoms with Gasteiger partial charge >= 0.3 is 0 Å². The molecule has 0 radical (unpaired) electrons. The monoisotopic (exact) mass is 359 g/mol. The molecule has 0 spiro atoms. The van der Waals surface area contributed by atoms with E-state index in [-0.39, 0.29) is 11.0 Å². The van der Waals surface area contributed by atoms with Crippen molar-refractivity contribution in [3.63, 3.8) is 0 Å². The number of hydrogen-bond donors (Lipinski definition) is 2. The van der Waals surface area contributed by atoms with Gasteiger partial charge in [-0.3, -0.25) is 15.1 Å². The van der Waals surface area contributed by atoms with Crippen LogP contribution >= 0.6 is 47.0 Å². The van der Waals surface area contributed by atoms with Crippen molar-refractivity contribution in [2.24, 2.45) is 0 Å². The molecule has 0 bridgehead atoms. The first kappa shape index (κ1) is 16.0. The van der Waals surface area contributed by atoms with Crippen molar-refractivity contribution in [2.75, 3.05) is 5.32 Å². The average Bonchev–Trinajstić information content (AvgIpc) is 2.45. The molecule has 8 heteroatoms. The fourth-order valence-electron chi connectivity index (χ4n) is 1.44. The molecular formula is C13H8Cl3N3OS. The van der Waals surface area contributed by atoms with Crippen LogP contribution in [0.15, 0.2) is 36.7 Å². The molecule has 0 aliphatic heterocycles. The first-order valence-electron chi connectivity index (χ1n) is 5.64. The van der Waals surface area contributed by atoms with Crippen molar-refractivity contribution in [1.82, 2.24) is 10.3 Å². The van der Waals surface area contributed by atoms with Crippen molar-refractivity contribution >= 4 is 63.7 Å². The van der Waals surface area contributed by atoms with Crippen molar-refractivity contribution < 1.29 is 4.79 Å². The first-order chi connectivity index (χ1) is 9.97. The van der Waals surface area contributed by atoms with E-state index in [1.165, 1.54) is 18.3 Å². The summed E-state index contributed by atoms with van der Waals surface area (Å²) in [5, 5.41) is 6.37. The van der Waals surface area contributed by atoms with Crippen LogP contribution in [0.2, 0.25) is 15.1 Å². The van der Waals surface area contributed by atoms with Crippen molar-refractivity contribution in [1.29, 1.82) is 0 Å². The number of carbonyl (C=O) groups is 1. The maximum Gasteiger partial charge on any atom is 0.258 e. The molecule has 0 atom stereocenters. The van der Waals surface area contributed by atoms with Gasteiger partial charge in [-0.05, 0) is 36.5 Å². The lowest BCUT2D eigenvalue weighted by molar-refractivity contribution is 0.0977. The number of pyridine rings is 1. The molecule has 2 rings (SSSR count). The number of nitrogens with one attached hydrogen (secondary N) is 2. The summed E-state index contributed by atoms with van der Waals surface area (Å²) in [4.78, 5) is 15.7. The van der Waals surface area contributed by atoms with Gasteiger partial charge in [0.2, 0.25) is 0 Å². The van der Waals surface area contributed by atoms with E-state index < -0.39 is 0 Å². The molecule has 0 aliphatic rings. The molecule has 21 heavy (non-hydrogen) atoms. The van der Waals surface area contributed by atoms with Crippen LogP contribution in [0.3, 0.4) is 0 Å². The minimum atomic E-state index is -0.378. The van der Waals surface area contributed by atoms with Gasteiger partial charge in [-0.15, -0.1) is 0 Å². The summed E-state index contributed by atoms with van der Waals surface area (Å²) in [6.07, 6.45) is 3.01. The standard InChI is InChI=1S/C13H8Cl3N3OS/c14-8-4-10(16)11(5-9(8)15)18-13(21)19-12(20)7-2-1-3-17-6-7/h1-6H,(H2,18,19,20,21). The Bertz CT molecular complexity index is 695. The highest BCUT2D eigenvalue weighted by atomic mass is 35.5. The fourth-order valence-corrected chi connectivity index (χ4v) is 2.24. The highest BCUT2D eigenvalue weighted by molar-refractivity contribution is 7.80. The van der Waals surface area contributed by atoms with Gasteiger partial charge in [0, 0.05) is 12.4 Å². The van der Waals surface area contributed by atoms with Gasteiger partial charge < -0.3 is 5.32 Å². The molecule has 2 N–H and O–H groups in total. The number of rotatable bonds is 2. The number of amides is 1. The van der Waals surface area contributed by atoms with E-state index in [0.717, 1.165) is 0 Å². The summed E-state index contributed by atoms with van der Waals surface area (Å²) in [7, 11) is 0. The Morgan fingerprint density at radius 1 is 1.14 bits per heavy atom. The number of halogens is 3. The van der Waals surface area contributed by atoms with Gasteiger partial charge in [-0.25, -0.2) is 0 Å². The maximum absolute atomic E-state index is 11.9. The number of thiocarbonyl (C=S) groups is 1. The zero-order valence-electron chi connectivity index (χ0n) is 10.4. The predicted molar refractivity (Wildman–Crippen MR) is 89.4 cm³/mol. The van der Waals surface area contributed by atoms with Gasteiger partial charge in [0.05, 0.1) is 26.3 Å². The van der Waals surface area contributed by atoms with E-state index in [1.807, 2.05) is 0 Å². The summed E-state index contributed by atoms with van der Waals surface area (Å²) >= 11 is 22.8.